The molecule has 20 heavy (non-hydrogen) atoms. The lowest BCUT2D eigenvalue weighted by atomic mass is 9.96. The van der Waals surface area contributed by atoms with Gasteiger partial charge in [0.15, 0.2) is 0 Å². The number of rotatable bonds is 6. The van der Waals surface area contributed by atoms with E-state index in [1.54, 1.807) is 13.8 Å². The second kappa shape index (κ2) is 6.03. The standard InChI is InChI=1S/C13H16N2O4S/c1-4-13(5-2,6-3)14-20(18,19)12-9-7-8-11(10-12)15(16)17/h1,7-10,14H,5-6H2,2-3H3. The highest BCUT2D eigenvalue weighted by Gasteiger charge is 2.30. The minimum atomic E-state index is -3.91. The van der Waals surface area contributed by atoms with Crippen LogP contribution < -0.4 is 4.72 Å². The molecular weight excluding hydrogens is 280 g/mol. The summed E-state index contributed by atoms with van der Waals surface area (Å²) in [5.41, 5.74) is -1.27. The van der Waals surface area contributed by atoms with Gasteiger partial charge in [-0.25, -0.2) is 8.42 Å². The van der Waals surface area contributed by atoms with Crippen LogP contribution in [0.3, 0.4) is 0 Å². The van der Waals surface area contributed by atoms with E-state index in [0.29, 0.717) is 12.8 Å². The zero-order valence-corrected chi connectivity index (χ0v) is 12.1. The molecule has 1 aromatic carbocycles. The fraction of sp³-hybridized carbons (Fsp3) is 0.385. The smallest absolute Gasteiger partial charge is 0.258 e. The van der Waals surface area contributed by atoms with Gasteiger partial charge in [0.25, 0.3) is 5.69 Å². The van der Waals surface area contributed by atoms with E-state index in [1.807, 2.05) is 0 Å². The van der Waals surface area contributed by atoms with Crippen LogP contribution in [0.25, 0.3) is 0 Å². The molecule has 0 radical (unpaired) electrons. The Bertz CT molecular complexity index is 643. The predicted molar refractivity (Wildman–Crippen MR) is 75.6 cm³/mol. The molecule has 0 aliphatic rings. The highest BCUT2D eigenvalue weighted by Crippen LogP contribution is 2.21. The molecule has 0 aromatic heterocycles. The molecule has 0 atom stereocenters. The summed E-state index contributed by atoms with van der Waals surface area (Å²) in [6.07, 6.45) is 6.26. The number of benzene rings is 1. The van der Waals surface area contributed by atoms with Gasteiger partial charge in [0.2, 0.25) is 10.0 Å². The first-order valence-electron chi connectivity index (χ1n) is 6.06. The van der Waals surface area contributed by atoms with Crippen LogP contribution in [-0.2, 0) is 10.0 Å². The van der Waals surface area contributed by atoms with Crippen LogP contribution in [-0.4, -0.2) is 18.9 Å². The van der Waals surface area contributed by atoms with Gasteiger partial charge in [0.05, 0.1) is 15.4 Å². The summed E-state index contributed by atoms with van der Waals surface area (Å²) in [7, 11) is -3.91. The van der Waals surface area contributed by atoms with Crippen molar-refractivity contribution in [1.29, 1.82) is 0 Å². The minimum absolute atomic E-state index is 0.173. The van der Waals surface area contributed by atoms with Crippen molar-refractivity contribution in [3.05, 3.63) is 34.4 Å². The van der Waals surface area contributed by atoms with Crippen molar-refractivity contribution in [3.63, 3.8) is 0 Å². The molecule has 0 heterocycles. The number of hydrogen-bond acceptors (Lipinski definition) is 4. The third kappa shape index (κ3) is 3.35. The summed E-state index contributed by atoms with van der Waals surface area (Å²) in [6.45, 7) is 3.55. The van der Waals surface area contributed by atoms with Crippen LogP contribution >= 0.6 is 0 Å². The molecule has 0 aliphatic heterocycles. The number of terminal acetylenes is 1. The predicted octanol–water partition coefficient (Wildman–Crippen LogP) is 2.07. The van der Waals surface area contributed by atoms with Crippen LogP contribution in [0.2, 0.25) is 0 Å². The van der Waals surface area contributed by atoms with Crippen LogP contribution in [0.5, 0.6) is 0 Å². The van der Waals surface area contributed by atoms with Gasteiger partial charge in [0.1, 0.15) is 0 Å². The van der Waals surface area contributed by atoms with Crippen molar-refractivity contribution in [1.82, 2.24) is 4.72 Å². The average molecular weight is 296 g/mol. The van der Waals surface area contributed by atoms with Gasteiger partial charge in [0, 0.05) is 12.1 Å². The van der Waals surface area contributed by atoms with Crippen molar-refractivity contribution in [2.45, 2.75) is 37.1 Å². The second-order valence-electron chi connectivity index (χ2n) is 4.29. The maximum atomic E-state index is 12.3. The van der Waals surface area contributed by atoms with E-state index in [2.05, 4.69) is 10.6 Å². The molecule has 7 heteroatoms. The van der Waals surface area contributed by atoms with E-state index in [1.165, 1.54) is 18.2 Å². The number of non-ortho nitro benzene ring substituents is 1. The monoisotopic (exact) mass is 296 g/mol. The van der Waals surface area contributed by atoms with E-state index in [9.17, 15) is 18.5 Å². The number of nitrogens with zero attached hydrogens (tertiary/aromatic N) is 1. The van der Waals surface area contributed by atoms with Crippen LogP contribution in [0.15, 0.2) is 29.2 Å². The Morgan fingerprint density at radius 3 is 2.45 bits per heavy atom. The number of sulfonamides is 1. The molecule has 108 valence electrons. The first-order chi connectivity index (χ1) is 9.30. The third-order valence-electron chi connectivity index (χ3n) is 3.15. The molecule has 1 N–H and O–H groups in total. The molecule has 6 nitrogen and oxygen atoms in total. The molecular formula is C13H16N2O4S. The van der Waals surface area contributed by atoms with Gasteiger partial charge >= 0.3 is 0 Å². The zero-order chi connectivity index (χ0) is 15.4. The van der Waals surface area contributed by atoms with Crippen LogP contribution in [0.1, 0.15) is 26.7 Å². The molecule has 0 fully saturated rings. The fourth-order valence-electron chi connectivity index (χ4n) is 1.71. The summed E-state index contributed by atoms with van der Waals surface area (Å²) in [6, 6.07) is 4.85. The van der Waals surface area contributed by atoms with Crippen LogP contribution in [0, 0.1) is 22.5 Å². The van der Waals surface area contributed by atoms with Gasteiger partial charge < -0.3 is 0 Å². The molecule has 1 aromatic rings. The number of nitro groups is 1. The topological polar surface area (TPSA) is 89.3 Å². The summed E-state index contributed by atoms with van der Waals surface area (Å²) < 4.78 is 27.0. The lowest BCUT2D eigenvalue weighted by Gasteiger charge is -2.26. The Balaban J connectivity index is 3.21. The summed E-state index contributed by atoms with van der Waals surface area (Å²) in [4.78, 5) is 9.87. The quantitative estimate of drug-likeness (QED) is 0.494. The van der Waals surface area contributed by atoms with Crippen molar-refractivity contribution < 1.29 is 13.3 Å². The van der Waals surface area contributed by atoms with E-state index in [-0.39, 0.29) is 10.6 Å². The average Bonchev–Trinajstić information content (AvgIpc) is 2.45. The second-order valence-corrected chi connectivity index (χ2v) is 5.98. The fourth-order valence-corrected chi connectivity index (χ4v) is 3.22. The van der Waals surface area contributed by atoms with E-state index >= 15 is 0 Å². The Hall–Kier alpha value is -1.91. The first kappa shape index (κ1) is 16.1. The van der Waals surface area contributed by atoms with Gasteiger partial charge in [-0.15, -0.1) is 6.42 Å². The van der Waals surface area contributed by atoms with Gasteiger partial charge in [-0.05, 0) is 18.9 Å². The van der Waals surface area contributed by atoms with Crippen molar-refractivity contribution >= 4 is 15.7 Å². The minimum Gasteiger partial charge on any atom is -0.258 e. The highest BCUT2D eigenvalue weighted by atomic mass is 32.2. The maximum Gasteiger partial charge on any atom is 0.270 e. The number of nitrogens with one attached hydrogen (secondary N) is 1. The Kier molecular flexibility index (Phi) is 4.87. The van der Waals surface area contributed by atoms with E-state index < -0.39 is 20.5 Å². The normalized spacial score (nSPS) is 11.8. The molecule has 0 bridgehead atoms. The first-order valence-corrected chi connectivity index (χ1v) is 7.54. The van der Waals surface area contributed by atoms with Crippen molar-refractivity contribution in [2.24, 2.45) is 0 Å². The Labute approximate surface area is 118 Å². The molecule has 0 spiro atoms. The Morgan fingerprint density at radius 2 is 2.00 bits per heavy atom. The van der Waals surface area contributed by atoms with Crippen molar-refractivity contribution in [3.8, 4) is 12.3 Å². The maximum absolute atomic E-state index is 12.3. The zero-order valence-electron chi connectivity index (χ0n) is 11.3. The molecule has 0 saturated carbocycles. The third-order valence-corrected chi connectivity index (χ3v) is 4.69. The summed E-state index contributed by atoms with van der Waals surface area (Å²) in [5, 5.41) is 10.7. The number of hydrogen-bond donors (Lipinski definition) is 1. The van der Waals surface area contributed by atoms with Gasteiger partial charge in [-0.3, -0.25) is 10.1 Å². The number of nitro benzene ring substituents is 1. The van der Waals surface area contributed by atoms with E-state index in [0.717, 1.165) is 6.07 Å². The molecule has 0 saturated heterocycles. The lowest BCUT2D eigenvalue weighted by molar-refractivity contribution is -0.385. The Morgan fingerprint density at radius 1 is 1.40 bits per heavy atom. The largest absolute Gasteiger partial charge is 0.270 e. The molecule has 1 rings (SSSR count). The van der Waals surface area contributed by atoms with Crippen molar-refractivity contribution in [2.75, 3.05) is 0 Å². The van der Waals surface area contributed by atoms with Crippen LogP contribution in [0.4, 0.5) is 5.69 Å². The molecule has 0 amide bonds. The highest BCUT2D eigenvalue weighted by molar-refractivity contribution is 7.89. The molecule has 0 unspecified atom stereocenters. The van der Waals surface area contributed by atoms with Gasteiger partial charge in [-0.2, -0.15) is 4.72 Å². The van der Waals surface area contributed by atoms with E-state index in [4.69, 9.17) is 6.42 Å². The van der Waals surface area contributed by atoms with Gasteiger partial charge in [-0.1, -0.05) is 25.8 Å². The lowest BCUT2D eigenvalue weighted by Crippen LogP contribution is -2.46. The molecule has 0 aliphatic carbocycles. The summed E-state index contributed by atoms with van der Waals surface area (Å²) >= 11 is 0. The SMILES string of the molecule is C#CC(CC)(CC)NS(=O)(=O)c1cccc([N+](=O)[O-])c1. The summed E-state index contributed by atoms with van der Waals surface area (Å²) in [5.74, 6) is 2.45.